The maximum atomic E-state index is 11.1. The van der Waals surface area contributed by atoms with Crippen molar-refractivity contribution < 1.29 is 14.6 Å². The summed E-state index contributed by atoms with van der Waals surface area (Å²) in [5.41, 5.74) is 1.37. The third-order valence-corrected chi connectivity index (χ3v) is 4.32. The summed E-state index contributed by atoms with van der Waals surface area (Å²) in [6.45, 7) is 5.77. The normalized spacial score (nSPS) is 41.4. The van der Waals surface area contributed by atoms with Crippen LogP contribution in [0.3, 0.4) is 0 Å². The van der Waals surface area contributed by atoms with E-state index in [2.05, 4.69) is 19.9 Å². The third kappa shape index (κ3) is 2.39. The molecule has 0 aromatic carbocycles. The van der Waals surface area contributed by atoms with E-state index in [1.54, 1.807) is 0 Å². The van der Waals surface area contributed by atoms with Gasteiger partial charge in [-0.3, -0.25) is 4.79 Å². The summed E-state index contributed by atoms with van der Waals surface area (Å²) in [5, 5.41) is 10.2. The number of aliphatic hydroxyl groups is 1. The fourth-order valence-electron chi connectivity index (χ4n) is 3.38. The Balaban J connectivity index is 2.19. The molecule has 0 aliphatic heterocycles. The molecule has 1 fully saturated rings. The lowest BCUT2D eigenvalue weighted by atomic mass is 9.66. The summed E-state index contributed by atoms with van der Waals surface area (Å²) in [6.07, 6.45) is 4.57. The topological polar surface area (TPSA) is 46.5 Å². The van der Waals surface area contributed by atoms with Crippen molar-refractivity contribution in [1.82, 2.24) is 0 Å². The van der Waals surface area contributed by atoms with Gasteiger partial charge in [0.2, 0.25) is 0 Å². The smallest absolute Gasteiger partial charge is 0.302 e. The van der Waals surface area contributed by atoms with Crippen molar-refractivity contribution in [3.05, 3.63) is 11.6 Å². The first-order valence-corrected chi connectivity index (χ1v) is 6.56. The summed E-state index contributed by atoms with van der Waals surface area (Å²) in [6, 6.07) is 0. The lowest BCUT2D eigenvalue weighted by Gasteiger charge is -2.43. The number of carbonyl (C=O) groups is 1. The number of carbonyl (C=O) groups excluding carboxylic acids is 1. The van der Waals surface area contributed by atoms with E-state index in [0.717, 1.165) is 19.3 Å². The van der Waals surface area contributed by atoms with Crippen molar-refractivity contribution in [3.63, 3.8) is 0 Å². The number of hydrogen-bond acceptors (Lipinski definition) is 3. The van der Waals surface area contributed by atoms with Gasteiger partial charge in [-0.15, -0.1) is 0 Å². The molecule has 5 atom stereocenters. The van der Waals surface area contributed by atoms with Crippen LogP contribution in [0.1, 0.15) is 40.0 Å². The fraction of sp³-hybridized carbons (Fsp3) is 0.786. The Morgan fingerprint density at radius 3 is 2.76 bits per heavy atom. The van der Waals surface area contributed by atoms with Crippen LogP contribution in [0.15, 0.2) is 11.6 Å². The number of aliphatic hydroxyl groups excluding tert-OH is 1. The molecule has 0 heterocycles. The SMILES string of the molecule is CC(=O)O[C@@H]1CC=C2C(C1C)[C@@H](O)CC[C@H]2C. The zero-order chi connectivity index (χ0) is 12.6. The molecule has 2 aliphatic carbocycles. The molecule has 2 rings (SSSR count). The van der Waals surface area contributed by atoms with Gasteiger partial charge >= 0.3 is 5.97 Å². The highest BCUT2D eigenvalue weighted by Gasteiger charge is 2.41. The fourth-order valence-corrected chi connectivity index (χ4v) is 3.38. The van der Waals surface area contributed by atoms with Crippen molar-refractivity contribution in [3.8, 4) is 0 Å². The number of hydrogen-bond donors (Lipinski definition) is 1. The van der Waals surface area contributed by atoms with Gasteiger partial charge in [-0.25, -0.2) is 0 Å². The van der Waals surface area contributed by atoms with Gasteiger partial charge in [-0.1, -0.05) is 25.5 Å². The molecule has 3 heteroatoms. The zero-order valence-corrected chi connectivity index (χ0v) is 10.8. The molecule has 0 radical (unpaired) electrons. The molecule has 0 aromatic rings. The average Bonchev–Trinajstić information content (AvgIpc) is 2.26. The van der Waals surface area contributed by atoms with Crippen LogP contribution in [0.4, 0.5) is 0 Å². The number of fused-ring (bicyclic) bond motifs is 1. The average molecular weight is 238 g/mol. The van der Waals surface area contributed by atoms with E-state index in [1.165, 1.54) is 12.5 Å². The third-order valence-electron chi connectivity index (χ3n) is 4.32. The van der Waals surface area contributed by atoms with E-state index in [1.807, 2.05) is 0 Å². The molecule has 0 aromatic heterocycles. The Morgan fingerprint density at radius 2 is 2.12 bits per heavy atom. The Kier molecular flexibility index (Phi) is 3.57. The minimum atomic E-state index is -0.272. The van der Waals surface area contributed by atoms with E-state index >= 15 is 0 Å². The maximum absolute atomic E-state index is 11.1. The quantitative estimate of drug-likeness (QED) is 0.563. The Bertz CT molecular complexity index is 334. The second kappa shape index (κ2) is 4.81. The van der Waals surface area contributed by atoms with Crippen LogP contribution in [-0.2, 0) is 9.53 Å². The number of esters is 1. The van der Waals surface area contributed by atoms with Gasteiger partial charge in [0, 0.05) is 25.2 Å². The minimum Gasteiger partial charge on any atom is -0.462 e. The van der Waals surface area contributed by atoms with Gasteiger partial charge in [0.1, 0.15) is 6.10 Å². The molecule has 1 N–H and O–H groups in total. The largest absolute Gasteiger partial charge is 0.462 e. The van der Waals surface area contributed by atoms with Crippen LogP contribution in [0, 0.1) is 17.8 Å². The molecular weight excluding hydrogens is 216 g/mol. The van der Waals surface area contributed by atoms with E-state index < -0.39 is 0 Å². The molecular formula is C14H22O3. The summed E-state index contributed by atoms with van der Waals surface area (Å²) in [7, 11) is 0. The van der Waals surface area contributed by atoms with E-state index in [4.69, 9.17) is 4.74 Å². The van der Waals surface area contributed by atoms with Crippen LogP contribution in [-0.4, -0.2) is 23.3 Å². The summed E-state index contributed by atoms with van der Waals surface area (Å²) >= 11 is 0. The van der Waals surface area contributed by atoms with Gasteiger partial charge < -0.3 is 9.84 Å². The second-order valence-corrected chi connectivity index (χ2v) is 5.52. The van der Waals surface area contributed by atoms with Crippen LogP contribution in [0.2, 0.25) is 0 Å². The first kappa shape index (κ1) is 12.6. The molecule has 3 nitrogen and oxygen atoms in total. The molecule has 0 bridgehead atoms. The lowest BCUT2D eigenvalue weighted by molar-refractivity contribution is -0.151. The summed E-state index contributed by atoms with van der Waals surface area (Å²) in [4.78, 5) is 11.1. The van der Waals surface area contributed by atoms with E-state index in [0.29, 0.717) is 5.92 Å². The highest BCUT2D eigenvalue weighted by atomic mass is 16.5. The number of rotatable bonds is 1. The molecule has 2 aliphatic rings. The minimum absolute atomic E-state index is 0.0683. The highest BCUT2D eigenvalue weighted by Crippen LogP contribution is 2.44. The highest BCUT2D eigenvalue weighted by molar-refractivity contribution is 5.66. The van der Waals surface area contributed by atoms with Crippen molar-refractivity contribution >= 4 is 5.97 Å². The molecule has 1 saturated carbocycles. The Hall–Kier alpha value is -0.830. The standard InChI is InChI=1S/C14H22O3/c1-8-4-6-12(16)14-9(2)13(17-10(3)15)7-5-11(8)14/h5,8-9,12-14,16H,4,6-7H2,1-3H3/t8-,9?,12+,13-,14?/m1/s1. The summed E-state index contributed by atoms with van der Waals surface area (Å²) in [5.74, 6) is 0.731. The summed E-state index contributed by atoms with van der Waals surface area (Å²) < 4.78 is 5.34. The van der Waals surface area contributed by atoms with Gasteiger partial charge in [-0.05, 0) is 18.8 Å². The van der Waals surface area contributed by atoms with E-state index in [-0.39, 0.29) is 30.0 Å². The van der Waals surface area contributed by atoms with Gasteiger partial charge in [0.25, 0.3) is 0 Å². The molecule has 2 unspecified atom stereocenters. The van der Waals surface area contributed by atoms with Gasteiger partial charge in [0.05, 0.1) is 6.10 Å². The van der Waals surface area contributed by atoms with Gasteiger partial charge in [0.15, 0.2) is 0 Å². The maximum Gasteiger partial charge on any atom is 0.302 e. The van der Waals surface area contributed by atoms with Crippen LogP contribution in [0.5, 0.6) is 0 Å². The lowest BCUT2D eigenvalue weighted by Crippen LogP contribution is -2.43. The van der Waals surface area contributed by atoms with Crippen molar-refractivity contribution in [2.24, 2.45) is 17.8 Å². The van der Waals surface area contributed by atoms with Crippen LogP contribution >= 0.6 is 0 Å². The van der Waals surface area contributed by atoms with Crippen molar-refractivity contribution in [1.29, 1.82) is 0 Å². The van der Waals surface area contributed by atoms with Crippen LogP contribution < -0.4 is 0 Å². The zero-order valence-electron chi connectivity index (χ0n) is 10.8. The predicted molar refractivity (Wildman–Crippen MR) is 65.3 cm³/mol. The molecule has 0 saturated heterocycles. The first-order chi connectivity index (χ1) is 8.00. The molecule has 0 spiro atoms. The van der Waals surface area contributed by atoms with Gasteiger partial charge in [-0.2, -0.15) is 0 Å². The van der Waals surface area contributed by atoms with Crippen molar-refractivity contribution in [2.75, 3.05) is 0 Å². The monoisotopic (exact) mass is 238 g/mol. The second-order valence-electron chi connectivity index (χ2n) is 5.52. The number of ether oxygens (including phenoxy) is 1. The molecule has 96 valence electrons. The van der Waals surface area contributed by atoms with Crippen LogP contribution in [0.25, 0.3) is 0 Å². The first-order valence-electron chi connectivity index (χ1n) is 6.56. The Morgan fingerprint density at radius 1 is 1.41 bits per heavy atom. The molecule has 17 heavy (non-hydrogen) atoms. The van der Waals surface area contributed by atoms with Crippen molar-refractivity contribution in [2.45, 2.75) is 52.2 Å². The molecule has 0 amide bonds. The predicted octanol–water partition coefficient (Wildman–Crippen LogP) is 2.29. The Labute approximate surface area is 103 Å². The van der Waals surface area contributed by atoms with E-state index in [9.17, 15) is 9.90 Å².